The van der Waals surface area contributed by atoms with Crippen molar-refractivity contribution in [3.05, 3.63) is 64.7 Å². The number of carbonyl (C=O) groups excluding carboxylic acids is 2. The van der Waals surface area contributed by atoms with Gasteiger partial charge < -0.3 is 15.6 Å². The van der Waals surface area contributed by atoms with Gasteiger partial charge in [-0.1, -0.05) is 37.3 Å². The van der Waals surface area contributed by atoms with Crippen LogP contribution in [0.15, 0.2) is 47.5 Å². The molecule has 202 valence electrons. The number of hydrogen-bond donors (Lipinski definition) is 2. The van der Waals surface area contributed by atoms with Gasteiger partial charge in [-0.15, -0.1) is 0 Å². The first kappa shape index (κ1) is 26.4. The first-order valence-corrected chi connectivity index (χ1v) is 13.7. The van der Waals surface area contributed by atoms with Crippen LogP contribution in [0.25, 0.3) is 0 Å². The molecule has 0 unspecified atom stereocenters. The topological polar surface area (TPSA) is 105 Å². The van der Waals surface area contributed by atoms with Crippen molar-refractivity contribution < 1.29 is 19.4 Å². The number of ketones is 1. The maximum Gasteiger partial charge on any atom is 0.232 e. The SMILES string of the molecule is C[C@@H]1Cc2ccc(C(=O)CCC[C@@H]3c4ccccc4OC(C)(C)[C@H]3O)cc2[C@@H]1N1C(=O)CC(C)(C)N=C1N. The molecule has 2 heterocycles. The zero-order valence-electron chi connectivity index (χ0n) is 23.0. The third-order valence-electron chi connectivity index (χ3n) is 8.37. The summed E-state index contributed by atoms with van der Waals surface area (Å²) in [4.78, 5) is 32.6. The molecule has 0 bridgehead atoms. The number of aliphatic hydroxyl groups excluding tert-OH is 1. The molecule has 0 spiro atoms. The lowest BCUT2D eigenvalue weighted by Crippen LogP contribution is -2.52. The minimum atomic E-state index is -0.693. The highest BCUT2D eigenvalue weighted by Gasteiger charge is 2.43. The van der Waals surface area contributed by atoms with Gasteiger partial charge in [0, 0.05) is 17.9 Å². The van der Waals surface area contributed by atoms with Gasteiger partial charge in [0.05, 0.1) is 18.0 Å². The van der Waals surface area contributed by atoms with E-state index >= 15 is 0 Å². The van der Waals surface area contributed by atoms with Gasteiger partial charge in [-0.25, -0.2) is 4.99 Å². The van der Waals surface area contributed by atoms with Crippen molar-refractivity contribution >= 4 is 17.6 Å². The van der Waals surface area contributed by atoms with E-state index in [1.54, 1.807) is 4.90 Å². The zero-order chi connectivity index (χ0) is 27.4. The number of para-hydroxylation sites is 1. The van der Waals surface area contributed by atoms with Crippen LogP contribution in [-0.2, 0) is 11.2 Å². The minimum Gasteiger partial charge on any atom is -0.485 e. The normalized spacial score (nSPS) is 27.3. The smallest absolute Gasteiger partial charge is 0.232 e. The fraction of sp³-hybridized carbons (Fsp3) is 0.516. The number of aliphatic hydroxyl groups is 1. The summed E-state index contributed by atoms with van der Waals surface area (Å²) >= 11 is 0. The number of hydrogen-bond acceptors (Lipinski definition) is 6. The largest absolute Gasteiger partial charge is 0.485 e. The van der Waals surface area contributed by atoms with Crippen LogP contribution in [0, 0.1) is 5.92 Å². The van der Waals surface area contributed by atoms with Crippen molar-refractivity contribution in [1.29, 1.82) is 0 Å². The molecule has 3 aliphatic rings. The van der Waals surface area contributed by atoms with Crippen LogP contribution in [0.2, 0.25) is 0 Å². The molecule has 4 atom stereocenters. The highest BCUT2D eigenvalue weighted by Crippen LogP contribution is 2.44. The van der Waals surface area contributed by atoms with Crippen LogP contribution in [0.1, 0.15) is 99.3 Å². The number of carbonyl (C=O) groups is 2. The molecule has 3 N–H and O–H groups in total. The lowest BCUT2D eigenvalue weighted by atomic mass is 9.78. The summed E-state index contributed by atoms with van der Waals surface area (Å²) in [6.45, 7) is 9.75. The van der Waals surface area contributed by atoms with Crippen LogP contribution in [-0.4, -0.2) is 44.9 Å². The van der Waals surface area contributed by atoms with Gasteiger partial charge in [0.2, 0.25) is 5.91 Å². The molecule has 2 aromatic carbocycles. The van der Waals surface area contributed by atoms with Crippen molar-refractivity contribution in [2.75, 3.05) is 0 Å². The Bertz CT molecular complexity index is 1300. The van der Waals surface area contributed by atoms with Gasteiger partial charge in [0.1, 0.15) is 17.5 Å². The molecule has 7 nitrogen and oxygen atoms in total. The molecule has 0 saturated carbocycles. The molecule has 2 aliphatic heterocycles. The molecule has 5 rings (SSSR count). The predicted octanol–water partition coefficient (Wildman–Crippen LogP) is 4.91. The Labute approximate surface area is 225 Å². The van der Waals surface area contributed by atoms with E-state index in [0.717, 1.165) is 28.9 Å². The maximum absolute atomic E-state index is 13.3. The van der Waals surface area contributed by atoms with Crippen LogP contribution >= 0.6 is 0 Å². The second-order valence-corrected chi connectivity index (χ2v) is 12.4. The number of ether oxygens (including phenoxy) is 1. The Morgan fingerprint density at radius 1 is 1.16 bits per heavy atom. The fourth-order valence-electron chi connectivity index (χ4n) is 6.49. The van der Waals surface area contributed by atoms with E-state index in [1.165, 1.54) is 0 Å². The van der Waals surface area contributed by atoms with E-state index in [9.17, 15) is 14.7 Å². The van der Waals surface area contributed by atoms with Crippen molar-refractivity contribution in [2.24, 2.45) is 16.6 Å². The third kappa shape index (κ3) is 4.73. The quantitative estimate of drug-likeness (QED) is 0.530. The Morgan fingerprint density at radius 2 is 1.89 bits per heavy atom. The predicted molar refractivity (Wildman–Crippen MR) is 147 cm³/mol. The summed E-state index contributed by atoms with van der Waals surface area (Å²) in [7, 11) is 0. The molecule has 1 aliphatic carbocycles. The Hall–Kier alpha value is -3.19. The lowest BCUT2D eigenvalue weighted by Gasteiger charge is -2.42. The molecular formula is C31H39N3O4. The molecule has 38 heavy (non-hydrogen) atoms. The van der Waals surface area contributed by atoms with Crippen LogP contribution in [0.4, 0.5) is 0 Å². The van der Waals surface area contributed by atoms with Crippen LogP contribution in [0.5, 0.6) is 5.75 Å². The number of rotatable bonds is 6. The standard InChI is InChI=1S/C31H39N3O4/c1-18-15-19-13-14-20(16-23(19)27(18)34-26(36)17-30(2,3)33-29(34)32)24(35)11-8-10-22-21-9-6-7-12-25(21)38-31(4,5)28(22)37/h6-7,9,12-14,16,18,22,27-28,37H,8,10-11,15,17H2,1-5H3,(H2,32,33)/t18-,22-,27-,28+/m1/s1. The van der Waals surface area contributed by atoms with E-state index in [4.69, 9.17) is 10.5 Å². The molecule has 0 radical (unpaired) electrons. The molecule has 1 amide bonds. The van der Waals surface area contributed by atoms with E-state index in [-0.39, 0.29) is 35.5 Å². The van der Waals surface area contributed by atoms with Crippen molar-refractivity contribution in [2.45, 2.75) is 95.9 Å². The first-order valence-electron chi connectivity index (χ1n) is 13.7. The minimum absolute atomic E-state index is 0.0258. The van der Waals surface area contributed by atoms with Gasteiger partial charge in [0.15, 0.2) is 11.7 Å². The number of amides is 1. The Kier molecular flexibility index (Phi) is 6.62. The first-order chi connectivity index (χ1) is 17.9. The van der Waals surface area contributed by atoms with Crippen LogP contribution < -0.4 is 10.5 Å². The summed E-state index contributed by atoms with van der Waals surface area (Å²) in [5.74, 6) is 1.18. The number of nitrogens with two attached hydrogens (primary N) is 1. The molecule has 0 saturated heterocycles. The van der Waals surface area contributed by atoms with Crippen LogP contribution in [0.3, 0.4) is 0 Å². The lowest BCUT2D eigenvalue weighted by molar-refractivity contribution is -0.131. The number of fused-ring (bicyclic) bond motifs is 2. The van der Waals surface area contributed by atoms with Crippen molar-refractivity contribution in [3.63, 3.8) is 0 Å². The average Bonchev–Trinajstić information content (AvgIpc) is 3.15. The number of Topliss-reactive ketones (excluding diaryl/α,β-unsaturated/α-hetero) is 1. The molecule has 2 aromatic rings. The average molecular weight is 518 g/mol. The van der Waals surface area contributed by atoms with Gasteiger partial charge >= 0.3 is 0 Å². The molecule has 0 aromatic heterocycles. The van der Waals surface area contributed by atoms with E-state index < -0.39 is 17.2 Å². The number of guanidine groups is 1. The zero-order valence-corrected chi connectivity index (χ0v) is 23.0. The van der Waals surface area contributed by atoms with Gasteiger partial charge in [-0.05, 0) is 81.7 Å². The van der Waals surface area contributed by atoms with Crippen molar-refractivity contribution in [1.82, 2.24) is 4.90 Å². The number of aliphatic imine (C=N–C) groups is 1. The second kappa shape index (κ2) is 9.53. The highest BCUT2D eigenvalue weighted by atomic mass is 16.5. The van der Waals surface area contributed by atoms with Gasteiger partial charge in [0.25, 0.3) is 0 Å². The fourth-order valence-corrected chi connectivity index (χ4v) is 6.49. The van der Waals surface area contributed by atoms with Gasteiger partial charge in [-0.3, -0.25) is 14.5 Å². The van der Waals surface area contributed by atoms with Crippen molar-refractivity contribution in [3.8, 4) is 5.75 Å². The third-order valence-corrected chi connectivity index (χ3v) is 8.37. The monoisotopic (exact) mass is 517 g/mol. The summed E-state index contributed by atoms with van der Waals surface area (Å²) in [6.07, 6.45) is 2.20. The summed E-state index contributed by atoms with van der Waals surface area (Å²) in [5, 5.41) is 11.0. The van der Waals surface area contributed by atoms with E-state index in [0.29, 0.717) is 31.2 Å². The van der Waals surface area contributed by atoms with E-state index in [2.05, 4.69) is 11.9 Å². The number of nitrogens with zero attached hydrogens (tertiary/aromatic N) is 2. The summed E-state index contributed by atoms with van der Waals surface area (Å²) in [6, 6.07) is 13.5. The maximum atomic E-state index is 13.3. The Morgan fingerprint density at radius 3 is 2.63 bits per heavy atom. The highest BCUT2D eigenvalue weighted by molar-refractivity contribution is 6.00. The second-order valence-electron chi connectivity index (χ2n) is 12.4. The summed E-state index contributed by atoms with van der Waals surface area (Å²) in [5.41, 5.74) is 8.88. The number of benzene rings is 2. The molecular weight excluding hydrogens is 478 g/mol. The Balaban J connectivity index is 1.32. The van der Waals surface area contributed by atoms with E-state index in [1.807, 2.05) is 70.2 Å². The van der Waals surface area contributed by atoms with Gasteiger partial charge in [-0.2, -0.15) is 0 Å². The summed E-state index contributed by atoms with van der Waals surface area (Å²) < 4.78 is 6.03. The molecule has 0 fully saturated rings. The molecule has 7 heteroatoms.